The molecule has 5 nitrogen and oxygen atoms in total. The number of carboxylic acids is 1. The zero-order chi connectivity index (χ0) is 14.8. The number of hydrogen-bond acceptors (Lipinski definition) is 4. The average Bonchev–Trinajstić information content (AvgIpc) is 3.20. The quantitative estimate of drug-likeness (QED) is 0.832. The number of carboxylic acid groups (broad SMARTS) is 1. The molecule has 1 aromatic carbocycles. The molecule has 0 aromatic heterocycles. The van der Waals surface area contributed by atoms with Crippen LogP contribution in [-0.4, -0.2) is 37.8 Å². The summed E-state index contributed by atoms with van der Waals surface area (Å²) in [6, 6.07) is 6.83. The maximum atomic E-state index is 12.3. The molecule has 1 aliphatic rings. The second-order valence-electron chi connectivity index (χ2n) is 5.04. The molecule has 0 atom stereocenters. The van der Waals surface area contributed by atoms with Gasteiger partial charge in [0, 0.05) is 6.04 Å². The van der Waals surface area contributed by atoms with Crippen LogP contribution in [0.15, 0.2) is 29.2 Å². The van der Waals surface area contributed by atoms with Crippen LogP contribution in [0.25, 0.3) is 0 Å². The summed E-state index contributed by atoms with van der Waals surface area (Å²) in [5, 5.41) is 9.03. The summed E-state index contributed by atoms with van der Waals surface area (Å²) >= 11 is 0. The monoisotopic (exact) mass is 297 g/mol. The lowest BCUT2D eigenvalue weighted by Gasteiger charge is -2.25. The summed E-state index contributed by atoms with van der Waals surface area (Å²) in [7, 11) is -3.36. The van der Waals surface area contributed by atoms with Gasteiger partial charge >= 0.3 is 5.97 Å². The summed E-state index contributed by atoms with van der Waals surface area (Å²) < 4.78 is 24.6. The van der Waals surface area contributed by atoms with E-state index in [9.17, 15) is 13.2 Å². The molecule has 20 heavy (non-hydrogen) atoms. The zero-order valence-corrected chi connectivity index (χ0v) is 12.3. The molecule has 6 heteroatoms. The van der Waals surface area contributed by atoms with Gasteiger partial charge in [-0.05, 0) is 31.4 Å². The molecule has 0 radical (unpaired) electrons. The predicted octanol–water partition coefficient (Wildman–Crippen LogP) is 1.92. The number of anilines is 1. The summed E-state index contributed by atoms with van der Waals surface area (Å²) in [5.41, 5.74) is 0.519. The van der Waals surface area contributed by atoms with Gasteiger partial charge in [-0.15, -0.1) is 0 Å². The first-order valence-corrected chi connectivity index (χ1v) is 8.41. The summed E-state index contributed by atoms with van der Waals surface area (Å²) in [4.78, 5) is 13.0. The Morgan fingerprint density at radius 3 is 2.55 bits per heavy atom. The normalized spacial score (nSPS) is 15.1. The lowest BCUT2D eigenvalue weighted by Crippen LogP contribution is -2.33. The number of aliphatic carboxylic acids is 1. The molecule has 0 bridgehead atoms. The molecule has 1 fully saturated rings. The van der Waals surface area contributed by atoms with Crippen molar-refractivity contribution in [1.82, 2.24) is 0 Å². The maximum Gasteiger partial charge on any atom is 0.323 e. The van der Waals surface area contributed by atoms with Gasteiger partial charge in [-0.3, -0.25) is 4.79 Å². The van der Waals surface area contributed by atoms with E-state index >= 15 is 0 Å². The Kier molecular flexibility index (Phi) is 4.32. The first kappa shape index (κ1) is 14.8. The molecule has 1 N–H and O–H groups in total. The highest BCUT2D eigenvalue weighted by Crippen LogP contribution is 2.35. The van der Waals surface area contributed by atoms with Crippen LogP contribution in [0.5, 0.6) is 0 Å². The fourth-order valence-electron chi connectivity index (χ4n) is 2.28. The molecular formula is C14H19NO4S. The number of hydrogen-bond donors (Lipinski definition) is 1. The van der Waals surface area contributed by atoms with Crippen LogP contribution in [0, 0.1) is 0 Å². The standard InChI is InChI=1S/C14H19NO4S/c1-2-9-20(18,19)13-6-4-3-5-12(13)15(10-14(16)17)11-7-8-11/h3-6,11H,2,7-10H2,1H3,(H,16,17). The second-order valence-corrected chi connectivity index (χ2v) is 7.12. The van der Waals surface area contributed by atoms with Gasteiger partial charge in [-0.2, -0.15) is 0 Å². The van der Waals surface area contributed by atoms with E-state index < -0.39 is 15.8 Å². The molecule has 110 valence electrons. The molecule has 1 saturated carbocycles. The number of para-hydroxylation sites is 1. The van der Waals surface area contributed by atoms with E-state index in [2.05, 4.69) is 0 Å². The van der Waals surface area contributed by atoms with Crippen molar-refractivity contribution in [3.05, 3.63) is 24.3 Å². The van der Waals surface area contributed by atoms with E-state index in [0.717, 1.165) is 12.8 Å². The van der Waals surface area contributed by atoms with Crippen molar-refractivity contribution >= 4 is 21.5 Å². The van der Waals surface area contributed by atoms with Crippen LogP contribution < -0.4 is 4.90 Å². The first-order chi connectivity index (χ1) is 9.45. The molecule has 0 amide bonds. The number of sulfone groups is 1. The van der Waals surface area contributed by atoms with Gasteiger partial charge in [-0.1, -0.05) is 19.1 Å². The maximum absolute atomic E-state index is 12.3. The van der Waals surface area contributed by atoms with Crippen LogP contribution in [0.3, 0.4) is 0 Å². The molecule has 0 unspecified atom stereocenters. The first-order valence-electron chi connectivity index (χ1n) is 6.76. The minimum Gasteiger partial charge on any atom is -0.480 e. The Bertz CT molecular complexity index is 593. The highest BCUT2D eigenvalue weighted by atomic mass is 32.2. The topological polar surface area (TPSA) is 74.7 Å². The molecule has 0 aliphatic heterocycles. The summed E-state index contributed by atoms with van der Waals surface area (Å²) in [6.45, 7) is 1.65. The third-order valence-electron chi connectivity index (χ3n) is 3.28. The predicted molar refractivity (Wildman–Crippen MR) is 76.8 cm³/mol. The Balaban J connectivity index is 2.42. The SMILES string of the molecule is CCCS(=O)(=O)c1ccccc1N(CC(=O)O)C1CC1. The Labute approximate surface area is 119 Å². The molecule has 0 heterocycles. The number of rotatable bonds is 7. The smallest absolute Gasteiger partial charge is 0.323 e. The van der Waals surface area contributed by atoms with E-state index in [4.69, 9.17) is 5.11 Å². The molecule has 0 spiro atoms. The molecular weight excluding hydrogens is 278 g/mol. The second kappa shape index (κ2) is 5.83. The fraction of sp³-hybridized carbons (Fsp3) is 0.500. The van der Waals surface area contributed by atoms with Crippen molar-refractivity contribution in [3.8, 4) is 0 Å². The van der Waals surface area contributed by atoms with Crippen LogP contribution in [0.4, 0.5) is 5.69 Å². The number of nitrogens with zero attached hydrogens (tertiary/aromatic N) is 1. The van der Waals surface area contributed by atoms with Crippen molar-refractivity contribution in [2.75, 3.05) is 17.2 Å². The highest BCUT2D eigenvalue weighted by Gasteiger charge is 2.33. The average molecular weight is 297 g/mol. The lowest BCUT2D eigenvalue weighted by molar-refractivity contribution is -0.135. The van der Waals surface area contributed by atoms with Gasteiger partial charge in [0.15, 0.2) is 9.84 Å². The van der Waals surface area contributed by atoms with Crippen LogP contribution in [0.1, 0.15) is 26.2 Å². The van der Waals surface area contributed by atoms with Gasteiger partial charge in [0.05, 0.1) is 16.3 Å². The van der Waals surface area contributed by atoms with E-state index in [1.165, 1.54) is 0 Å². The van der Waals surface area contributed by atoms with E-state index in [1.54, 1.807) is 29.2 Å². The minimum absolute atomic E-state index is 0.0790. The summed E-state index contributed by atoms with van der Waals surface area (Å²) in [6.07, 6.45) is 2.36. The minimum atomic E-state index is -3.36. The third-order valence-corrected chi connectivity index (χ3v) is 5.24. The Morgan fingerprint density at radius 1 is 1.35 bits per heavy atom. The Morgan fingerprint density at radius 2 is 2.00 bits per heavy atom. The van der Waals surface area contributed by atoms with Gasteiger partial charge < -0.3 is 10.0 Å². The van der Waals surface area contributed by atoms with Crippen molar-refractivity contribution < 1.29 is 18.3 Å². The molecule has 1 aromatic rings. The molecule has 0 saturated heterocycles. The lowest BCUT2D eigenvalue weighted by atomic mass is 10.2. The van der Waals surface area contributed by atoms with E-state index in [0.29, 0.717) is 12.1 Å². The van der Waals surface area contributed by atoms with Crippen molar-refractivity contribution in [2.45, 2.75) is 37.1 Å². The Hall–Kier alpha value is -1.56. The van der Waals surface area contributed by atoms with Crippen LogP contribution in [-0.2, 0) is 14.6 Å². The zero-order valence-electron chi connectivity index (χ0n) is 11.4. The van der Waals surface area contributed by atoms with Crippen LogP contribution >= 0.6 is 0 Å². The molecule has 1 aliphatic carbocycles. The van der Waals surface area contributed by atoms with Crippen molar-refractivity contribution in [3.63, 3.8) is 0 Å². The van der Waals surface area contributed by atoms with Gasteiger partial charge in [0.1, 0.15) is 6.54 Å². The van der Waals surface area contributed by atoms with Gasteiger partial charge in [0.25, 0.3) is 0 Å². The highest BCUT2D eigenvalue weighted by molar-refractivity contribution is 7.91. The van der Waals surface area contributed by atoms with Crippen LogP contribution in [0.2, 0.25) is 0 Å². The van der Waals surface area contributed by atoms with E-state index in [-0.39, 0.29) is 23.2 Å². The third kappa shape index (κ3) is 3.30. The summed E-state index contributed by atoms with van der Waals surface area (Å²) in [5.74, 6) is -0.866. The van der Waals surface area contributed by atoms with E-state index in [1.807, 2.05) is 6.92 Å². The fourth-order valence-corrected chi connectivity index (χ4v) is 3.83. The van der Waals surface area contributed by atoms with Crippen molar-refractivity contribution in [2.24, 2.45) is 0 Å². The van der Waals surface area contributed by atoms with Gasteiger partial charge in [-0.25, -0.2) is 8.42 Å². The largest absolute Gasteiger partial charge is 0.480 e. The number of carbonyl (C=O) groups is 1. The molecule has 2 rings (SSSR count). The van der Waals surface area contributed by atoms with Gasteiger partial charge in [0.2, 0.25) is 0 Å². The van der Waals surface area contributed by atoms with Crippen molar-refractivity contribution in [1.29, 1.82) is 0 Å². The number of benzene rings is 1.